The second kappa shape index (κ2) is 12.1. The Bertz CT molecular complexity index is 3710. The van der Waals surface area contributed by atoms with Gasteiger partial charge in [0, 0.05) is 43.4 Å². The smallest absolute Gasteiger partial charge is 0.159 e. The molecule has 0 amide bonds. The Hall–Kier alpha value is -7.04. The van der Waals surface area contributed by atoms with Crippen LogP contribution in [0.4, 0.5) is 0 Å². The molecule has 16 rings (SSSR count). The van der Waals surface area contributed by atoms with Crippen molar-refractivity contribution in [2.45, 2.75) is 37.5 Å². The molecular formula is C58H42N4. The first-order valence-corrected chi connectivity index (χ1v) is 22.6. The molecule has 294 valence electrons. The normalized spacial score (nSPS) is 22.3. The Labute approximate surface area is 359 Å². The van der Waals surface area contributed by atoms with Crippen LogP contribution in [0.1, 0.15) is 43.2 Å². The van der Waals surface area contributed by atoms with Gasteiger partial charge in [-0.1, -0.05) is 97.1 Å². The van der Waals surface area contributed by atoms with Crippen LogP contribution in [0.2, 0.25) is 0 Å². The van der Waals surface area contributed by atoms with Gasteiger partial charge in [0.1, 0.15) is 0 Å². The zero-order chi connectivity index (χ0) is 40.3. The molecule has 4 nitrogen and oxygen atoms in total. The molecule has 4 bridgehead atoms. The summed E-state index contributed by atoms with van der Waals surface area (Å²) in [6, 6.07) is 61.6. The molecular weight excluding hydrogens is 753 g/mol. The van der Waals surface area contributed by atoms with Crippen LogP contribution in [-0.4, -0.2) is 19.1 Å². The zero-order valence-corrected chi connectivity index (χ0v) is 34.3. The molecule has 11 aromatic rings. The van der Waals surface area contributed by atoms with Crippen LogP contribution in [0.5, 0.6) is 0 Å². The molecule has 0 aliphatic heterocycles. The molecule has 4 aromatic heterocycles. The lowest BCUT2D eigenvalue weighted by Crippen LogP contribution is -2.55. The van der Waals surface area contributed by atoms with E-state index in [1.165, 1.54) is 98.1 Å². The molecule has 0 saturated heterocycles. The quantitative estimate of drug-likeness (QED) is 0.167. The summed E-state index contributed by atoms with van der Waals surface area (Å²) in [6.45, 7) is 0. The van der Waals surface area contributed by atoms with Crippen molar-refractivity contribution in [3.63, 3.8) is 0 Å². The molecule has 0 N–H and O–H groups in total. The summed E-state index contributed by atoms with van der Waals surface area (Å²) >= 11 is 0. The van der Waals surface area contributed by atoms with E-state index in [4.69, 9.17) is 9.97 Å². The molecule has 7 aromatic carbocycles. The summed E-state index contributed by atoms with van der Waals surface area (Å²) in [5.74, 6) is 3.33. The predicted octanol–water partition coefficient (Wildman–Crippen LogP) is 14.4. The maximum Gasteiger partial charge on any atom is 0.159 e. The molecule has 5 aliphatic carbocycles. The van der Waals surface area contributed by atoms with Gasteiger partial charge in [-0.25, -0.2) is 9.97 Å². The number of aromatic nitrogens is 4. The minimum absolute atomic E-state index is 0.139. The van der Waals surface area contributed by atoms with Gasteiger partial charge in [0.15, 0.2) is 5.65 Å². The first kappa shape index (κ1) is 33.7. The van der Waals surface area contributed by atoms with Crippen LogP contribution >= 0.6 is 0 Å². The molecule has 0 atom stereocenters. The molecule has 62 heavy (non-hydrogen) atoms. The molecule has 4 fully saturated rings. The van der Waals surface area contributed by atoms with E-state index < -0.39 is 0 Å². The topological polar surface area (TPSA) is 35.6 Å². The van der Waals surface area contributed by atoms with Gasteiger partial charge in [-0.2, -0.15) is 0 Å². The van der Waals surface area contributed by atoms with Gasteiger partial charge in [-0.15, -0.1) is 0 Å². The lowest BCUT2D eigenvalue weighted by molar-refractivity contribution is -0.0399. The second-order valence-electron chi connectivity index (χ2n) is 19.0. The molecule has 4 heterocycles. The fourth-order valence-electron chi connectivity index (χ4n) is 13.9. The Kier molecular flexibility index (Phi) is 6.55. The number of pyridine rings is 2. The van der Waals surface area contributed by atoms with Crippen LogP contribution < -0.4 is 0 Å². The van der Waals surface area contributed by atoms with Gasteiger partial charge in [0.05, 0.1) is 39.5 Å². The van der Waals surface area contributed by atoms with Crippen LogP contribution in [0, 0.1) is 23.7 Å². The Morgan fingerprint density at radius 1 is 0.435 bits per heavy atom. The molecule has 5 aliphatic rings. The highest BCUT2D eigenvalue weighted by Crippen LogP contribution is 2.69. The van der Waals surface area contributed by atoms with Crippen molar-refractivity contribution in [3.8, 4) is 33.6 Å². The van der Waals surface area contributed by atoms with Crippen molar-refractivity contribution in [3.05, 3.63) is 181 Å². The average Bonchev–Trinajstić information content (AvgIpc) is 3.93. The number of hydrogen-bond acceptors (Lipinski definition) is 2. The zero-order valence-electron chi connectivity index (χ0n) is 34.3. The van der Waals surface area contributed by atoms with Crippen molar-refractivity contribution in [1.29, 1.82) is 0 Å². The fourth-order valence-corrected chi connectivity index (χ4v) is 13.9. The summed E-state index contributed by atoms with van der Waals surface area (Å²) < 4.78 is 4.91. The van der Waals surface area contributed by atoms with E-state index in [1.54, 1.807) is 11.1 Å². The van der Waals surface area contributed by atoms with Crippen molar-refractivity contribution in [2.75, 3.05) is 0 Å². The Morgan fingerprint density at radius 2 is 1.03 bits per heavy atom. The molecule has 0 radical (unpaired) electrons. The number of benzene rings is 7. The summed E-state index contributed by atoms with van der Waals surface area (Å²) in [4.78, 5) is 9.74. The minimum atomic E-state index is 0.139. The Balaban J connectivity index is 0.876. The first-order chi connectivity index (χ1) is 30.7. The van der Waals surface area contributed by atoms with Crippen LogP contribution in [0.3, 0.4) is 0 Å². The largest absolute Gasteiger partial charge is 0.309 e. The lowest BCUT2D eigenvalue weighted by atomic mass is 9.43. The summed E-state index contributed by atoms with van der Waals surface area (Å²) in [5, 5.41) is 7.20. The van der Waals surface area contributed by atoms with Crippen LogP contribution in [-0.2, 0) is 5.41 Å². The van der Waals surface area contributed by atoms with Gasteiger partial charge < -0.3 is 9.13 Å². The highest BCUT2D eigenvalue weighted by Gasteiger charge is 2.61. The average molecular weight is 795 g/mol. The second-order valence-corrected chi connectivity index (χ2v) is 19.0. The van der Waals surface area contributed by atoms with E-state index in [2.05, 4.69) is 161 Å². The van der Waals surface area contributed by atoms with Gasteiger partial charge in [0.2, 0.25) is 0 Å². The third-order valence-corrected chi connectivity index (χ3v) is 16.1. The van der Waals surface area contributed by atoms with E-state index in [-0.39, 0.29) is 5.41 Å². The highest BCUT2D eigenvalue weighted by molar-refractivity contribution is 6.13. The lowest BCUT2D eigenvalue weighted by Gasteiger charge is -2.61. The first-order valence-electron chi connectivity index (χ1n) is 22.6. The molecule has 1 spiro atoms. The van der Waals surface area contributed by atoms with Crippen molar-refractivity contribution < 1.29 is 0 Å². The number of nitrogens with zero attached hydrogens (tertiary/aromatic N) is 4. The van der Waals surface area contributed by atoms with Gasteiger partial charge >= 0.3 is 0 Å². The van der Waals surface area contributed by atoms with Crippen molar-refractivity contribution >= 4 is 65.5 Å². The number of fused-ring (bicyclic) bond motifs is 11. The number of rotatable bonds is 3. The summed E-state index contributed by atoms with van der Waals surface area (Å²) in [7, 11) is 0. The standard InChI is InChI=1S/C58H42N4/c1-6-14-52-38(9-1)28-39-29-43(33-59-57(39)60-52)62-54-16-8-4-12-47(54)49-31-37(18-22-56(49)62)36-17-21-55-48(30-36)46-11-3-7-15-53(46)61(55)42-19-20-45-44-10-2-5-13-50(44)58(51(45)32-42)40-24-34-23-35(26-40)27-41(58)25-34/h1-22,28-35,40-41H,23-27H2. The fraction of sp³-hybridized carbons (Fsp3) is 0.172. The van der Waals surface area contributed by atoms with Crippen LogP contribution in [0.15, 0.2) is 170 Å². The van der Waals surface area contributed by atoms with Gasteiger partial charge in [0.25, 0.3) is 0 Å². The van der Waals surface area contributed by atoms with E-state index in [0.29, 0.717) is 0 Å². The molecule has 0 unspecified atom stereocenters. The van der Waals surface area contributed by atoms with Crippen molar-refractivity contribution in [1.82, 2.24) is 19.1 Å². The van der Waals surface area contributed by atoms with E-state index in [9.17, 15) is 0 Å². The third-order valence-electron chi connectivity index (χ3n) is 16.1. The molecule has 4 saturated carbocycles. The van der Waals surface area contributed by atoms with Crippen LogP contribution in [0.25, 0.3) is 99.2 Å². The Morgan fingerprint density at radius 3 is 1.76 bits per heavy atom. The van der Waals surface area contributed by atoms with Gasteiger partial charge in [-0.05, 0) is 156 Å². The maximum atomic E-state index is 4.88. The molecule has 4 heteroatoms. The van der Waals surface area contributed by atoms with E-state index in [1.807, 2.05) is 18.3 Å². The number of para-hydroxylation sites is 3. The highest BCUT2D eigenvalue weighted by atomic mass is 15.0. The monoisotopic (exact) mass is 794 g/mol. The van der Waals surface area contributed by atoms with Gasteiger partial charge in [-0.3, -0.25) is 0 Å². The summed E-state index contributed by atoms with van der Waals surface area (Å²) in [6.07, 6.45) is 9.02. The number of hydrogen-bond donors (Lipinski definition) is 0. The third kappa shape index (κ3) is 4.37. The summed E-state index contributed by atoms with van der Waals surface area (Å²) in [5.41, 5.74) is 17.6. The van der Waals surface area contributed by atoms with E-state index in [0.717, 1.165) is 56.8 Å². The van der Waals surface area contributed by atoms with Crippen molar-refractivity contribution in [2.24, 2.45) is 23.7 Å². The predicted molar refractivity (Wildman–Crippen MR) is 254 cm³/mol. The minimum Gasteiger partial charge on any atom is -0.309 e. The SMILES string of the molecule is c1ccc2c(c1)-c1ccc(-n3c4ccccc4c4cc(-c5ccc6c(c5)c5ccccc5n6-c5cnc6nc7ccccc7cc6c5)ccc43)cc1C21C2CC3CC(C2)CC1C3. The maximum absolute atomic E-state index is 4.88. The van der Waals surface area contributed by atoms with E-state index >= 15 is 0 Å².